The van der Waals surface area contributed by atoms with E-state index in [0.29, 0.717) is 25.2 Å². The van der Waals surface area contributed by atoms with Crippen LogP contribution in [0.3, 0.4) is 0 Å². The summed E-state index contributed by atoms with van der Waals surface area (Å²) in [6, 6.07) is -0.819. The third-order valence-electron chi connectivity index (χ3n) is 2.16. The molecule has 0 aliphatic rings. The molecule has 0 saturated carbocycles. The Hall–Kier alpha value is -1.18. The molecule has 0 aromatic carbocycles. The van der Waals surface area contributed by atoms with E-state index < -0.39 is 12.0 Å². The van der Waals surface area contributed by atoms with Crippen LogP contribution in [0.2, 0.25) is 0 Å². The van der Waals surface area contributed by atoms with Crippen molar-refractivity contribution in [1.82, 2.24) is 10.6 Å². The molecule has 0 unspecified atom stereocenters. The number of likely N-dealkylation sites (N-methyl/N-ethyl adjacent to an activating group) is 2. The molecule has 0 rings (SSSR count). The van der Waals surface area contributed by atoms with Gasteiger partial charge in [0.2, 0.25) is 0 Å². The highest BCUT2D eigenvalue weighted by Crippen LogP contribution is 1.95. The first-order valence-corrected chi connectivity index (χ1v) is 5.15. The van der Waals surface area contributed by atoms with Crippen LogP contribution in [0.15, 0.2) is 4.99 Å². The van der Waals surface area contributed by atoms with Gasteiger partial charge in [-0.3, -0.25) is 20.4 Å². The highest BCUT2D eigenvalue weighted by atomic mass is 16.4. The van der Waals surface area contributed by atoms with E-state index in [1.807, 2.05) is 0 Å². The molecule has 0 aromatic heterocycles. The molecule has 7 N–H and O–H groups in total. The van der Waals surface area contributed by atoms with Crippen molar-refractivity contribution in [3.8, 4) is 0 Å². The van der Waals surface area contributed by atoms with E-state index in [0.717, 1.165) is 0 Å². The van der Waals surface area contributed by atoms with Crippen molar-refractivity contribution in [1.29, 1.82) is 0 Å². The maximum absolute atomic E-state index is 10.4. The highest BCUT2D eigenvalue weighted by Gasteiger charge is 2.10. The van der Waals surface area contributed by atoms with Gasteiger partial charge >= 0.3 is 5.97 Å². The third-order valence-corrected chi connectivity index (χ3v) is 2.16. The number of carbonyl (C=O) groups is 1. The quantitative estimate of drug-likeness (QED) is 0.147. The van der Waals surface area contributed by atoms with Crippen LogP contribution in [0.5, 0.6) is 0 Å². The molecular weight excluding hydrogens is 210 g/mol. The summed E-state index contributed by atoms with van der Waals surface area (Å²) in [6.07, 6.45) is 0.845. The van der Waals surface area contributed by atoms with Crippen LogP contribution in [-0.4, -0.2) is 49.8 Å². The second-order valence-corrected chi connectivity index (χ2v) is 3.40. The summed E-state index contributed by atoms with van der Waals surface area (Å²) in [5.74, 6) is -0.533. The van der Waals surface area contributed by atoms with Crippen molar-refractivity contribution < 1.29 is 9.90 Å². The number of carboxylic acid groups (broad SMARTS) is 1. The Labute approximate surface area is 95.3 Å². The number of amidine groups is 1. The Morgan fingerprint density at radius 1 is 1.44 bits per heavy atom. The number of nitrogens with two attached hydrogens (primary N) is 2. The fourth-order valence-electron chi connectivity index (χ4n) is 1.17. The van der Waals surface area contributed by atoms with Crippen molar-refractivity contribution in [2.75, 3.05) is 20.6 Å². The molecule has 94 valence electrons. The second kappa shape index (κ2) is 8.03. The zero-order valence-electron chi connectivity index (χ0n) is 9.73. The number of carboxylic acids is 1. The molecule has 0 aliphatic heterocycles. The first-order chi connectivity index (χ1) is 7.52. The fourth-order valence-corrected chi connectivity index (χ4v) is 1.17. The maximum Gasteiger partial charge on any atom is 0.320 e. The van der Waals surface area contributed by atoms with Gasteiger partial charge in [-0.2, -0.15) is 0 Å². The first kappa shape index (κ1) is 14.8. The van der Waals surface area contributed by atoms with Crippen LogP contribution in [0.25, 0.3) is 0 Å². The van der Waals surface area contributed by atoms with Crippen LogP contribution >= 0.6 is 0 Å². The first-order valence-electron chi connectivity index (χ1n) is 5.15. The topological polar surface area (TPSA) is 126 Å². The molecule has 0 aromatic rings. The van der Waals surface area contributed by atoms with Gasteiger partial charge in [-0.05, 0) is 26.9 Å². The van der Waals surface area contributed by atoms with Gasteiger partial charge < -0.3 is 16.6 Å². The highest BCUT2D eigenvalue weighted by molar-refractivity contribution is 5.85. The number of aliphatic carboxylic acids is 1. The Morgan fingerprint density at radius 3 is 2.44 bits per heavy atom. The maximum atomic E-state index is 10.4. The smallest absolute Gasteiger partial charge is 0.320 e. The zero-order chi connectivity index (χ0) is 12.6. The van der Waals surface area contributed by atoms with Crippen molar-refractivity contribution in [3.63, 3.8) is 0 Å². The monoisotopic (exact) mass is 231 g/mol. The summed E-state index contributed by atoms with van der Waals surface area (Å²) in [5.41, 5.74) is 11.0. The van der Waals surface area contributed by atoms with E-state index in [9.17, 15) is 4.79 Å². The van der Waals surface area contributed by atoms with E-state index in [1.54, 1.807) is 14.1 Å². The normalized spacial score (nSPS) is 14.1. The lowest BCUT2D eigenvalue weighted by Crippen LogP contribution is -2.48. The molecule has 1 atom stereocenters. The minimum absolute atomic E-state index is 0.159. The lowest BCUT2D eigenvalue weighted by molar-refractivity contribution is -0.138. The van der Waals surface area contributed by atoms with Crippen LogP contribution in [0.1, 0.15) is 12.8 Å². The van der Waals surface area contributed by atoms with E-state index in [1.165, 1.54) is 0 Å². The number of nitrogens with one attached hydrogen (secondary N) is 2. The molecule has 0 heterocycles. The predicted molar refractivity (Wildman–Crippen MR) is 63.2 cm³/mol. The van der Waals surface area contributed by atoms with Gasteiger partial charge in [0.05, 0.1) is 0 Å². The summed E-state index contributed by atoms with van der Waals surface area (Å²) in [6.45, 7) is 0.479. The predicted octanol–water partition coefficient (Wildman–Crippen LogP) is -1.70. The fraction of sp³-hybridized carbons (Fsp3) is 0.778. The Balaban J connectivity index is 3.86. The average molecular weight is 231 g/mol. The molecule has 0 saturated heterocycles. The number of nitrogens with zero attached hydrogens (tertiary/aromatic N) is 1. The molecule has 0 aliphatic carbocycles. The van der Waals surface area contributed by atoms with Crippen molar-refractivity contribution in [3.05, 3.63) is 0 Å². The van der Waals surface area contributed by atoms with Gasteiger partial charge in [0.15, 0.2) is 0 Å². The van der Waals surface area contributed by atoms with Crippen molar-refractivity contribution in [2.24, 2.45) is 16.5 Å². The Morgan fingerprint density at radius 2 is 2.00 bits per heavy atom. The molecule has 0 spiro atoms. The molecular formula is C9H21N5O2. The van der Waals surface area contributed by atoms with Gasteiger partial charge in [-0.25, -0.2) is 0 Å². The van der Waals surface area contributed by atoms with Gasteiger partial charge in [0.25, 0.3) is 0 Å². The lowest BCUT2D eigenvalue weighted by atomic mass is 10.2. The third kappa shape index (κ3) is 5.64. The van der Waals surface area contributed by atoms with Gasteiger partial charge in [-0.15, -0.1) is 0 Å². The lowest BCUT2D eigenvalue weighted by Gasteiger charge is -2.14. The standard InChI is InChI=1S/C9H21N5O2/c1-12-8(13-2)7(11)14-5-3-4-6(10)9(15)16/h6,8,12-13H,3-5,10H2,1-2H3,(H2,11,14)(H,15,16)/t6-/m0/s1. The summed E-state index contributed by atoms with van der Waals surface area (Å²) in [4.78, 5) is 14.5. The summed E-state index contributed by atoms with van der Waals surface area (Å²) in [5, 5.41) is 14.4. The summed E-state index contributed by atoms with van der Waals surface area (Å²) < 4.78 is 0. The minimum Gasteiger partial charge on any atom is -0.480 e. The molecule has 0 amide bonds. The summed E-state index contributed by atoms with van der Waals surface area (Å²) in [7, 11) is 3.54. The van der Waals surface area contributed by atoms with Gasteiger partial charge in [-0.1, -0.05) is 0 Å². The Bertz CT molecular complexity index is 240. The van der Waals surface area contributed by atoms with Gasteiger partial charge in [0.1, 0.15) is 18.0 Å². The van der Waals surface area contributed by atoms with Crippen LogP contribution in [-0.2, 0) is 4.79 Å². The SMILES string of the molecule is CNC(NC)C(N)=NCCC[C@H](N)C(=O)O. The number of hydrogen-bond acceptors (Lipinski definition) is 5. The number of aliphatic imine (C=N–C) groups is 1. The van der Waals surface area contributed by atoms with E-state index >= 15 is 0 Å². The molecule has 0 bridgehead atoms. The molecule has 7 heteroatoms. The largest absolute Gasteiger partial charge is 0.480 e. The average Bonchev–Trinajstić information content (AvgIpc) is 2.25. The minimum atomic E-state index is -0.986. The molecule has 0 radical (unpaired) electrons. The van der Waals surface area contributed by atoms with E-state index in [2.05, 4.69) is 15.6 Å². The zero-order valence-corrected chi connectivity index (χ0v) is 9.73. The van der Waals surface area contributed by atoms with Crippen molar-refractivity contribution >= 4 is 11.8 Å². The van der Waals surface area contributed by atoms with E-state index in [4.69, 9.17) is 16.6 Å². The Kier molecular flexibility index (Phi) is 7.44. The van der Waals surface area contributed by atoms with Crippen LogP contribution in [0, 0.1) is 0 Å². The molecule has 7 nitrogen and oxygen atoms in total. The van der Waals surface area contributed by atoms with Crippen molar-refractivity contribution in [2.45, 2.75) is 25.0 Å². The number of rotatable bonds is 8. The second-order valence-electron chi connectivity index (χ2n) is 3.40. The van der Waals surface area contributed by atoms with Gasteiger partial charge in [0, 0.05) is 6.54 Å². The molecule has 0 fully saturated rings. The molecule has 16 heavy (non-hydrogen) atoms. The number of hydrogen-bond donors (Lipinski definition) is 5. The van der Waals surface area contributed by atoms with Crippen LogP contribution in [0.4, 0.5) is 0 Å². The van der Waals surface area contributed by atoms with Crippen LogP contribution < -0.4 is 22.1 Å². The van der Waals surface area contributed by atoms with E-state index in [-0.39, 0.29) is 6.17 Å². The summed E-state index contributed by atoms with van der Waals surface area (Å²) >= 11 is 0.